The quantitative estimate of drug-likeness (QED) is 0.618. The fraction of sp³-hybridized carbons (Fsp3) is 0.261. The minimum atomic E-state index is -0.555. The van der Waals surface area contributed by atoms with Crippen molar-refractivity contribution in [1.82, 2.24) is 9.78 Å². The van der Waals surface area contributed by atoms with Gasteiger partial charge in [0, 0.05) is 22.6 Å². The molecule has 0 fully saturated rings. The van der Waals surface area contributed by atoms with Crippen molar-refractivity contribution >= 4 is 29.1 Å². The molecule has 29 heavy (non-hydrogen) atoms. The van der Waals surface area contributed by atoms with E-state index in [0.717, 1.165) is 28.9 Å². The predicted octanol–water partition coefficient (Wildman–Crippen LogP) is 5.01. The number of anilines is 1. The summed E-state index contributed by atoms with van der Waals surface area (Å²) in [7, 11) is 0. The molecule has 0 bridgehead atoms. The van der Waals surface area contributed by atoms with Gasteiger partial charge in [0.2, 0.25) is 5.91 Å². The summed E-state index contributed by atoms with van der Waals surface area (Å²) in [5.74, 6) is -0.267. The topological polar surface area (TPSA) is 64.0 Å². The first kappa shape index (κ1) is 19.4. The zero-order valence-corrected chi connectivity index (χ0v) is 17.4. The normalized spacial score (nSPS) is 15.7. The van der Waals surface area contributed by atoms with Crippen molar-refractivity contribution in [2.75, 3.05) is 5.32 Å². The van der Waals surface area contributed by atoms with Gasteiger partial charge in [0.25, 0.3) is 0 Å². The fourth-order valence-electron chi connectivity index (χ4n) is 3.78. The summed E-state index contributed by atoms with van der Waals surface area (Å²) in [6.45, 7) is 5.86. The number of amides is 1. The zero-order valence-electron chi connectivity index (χ0n) is 16.6. The van der Waals surface area contributed by atoms with Crippen LogP contribution in [0.1, 0.15) is 52.0 Å². The van der Waals surface area contributed by atoms with Gasteiger partial charge in [-0.15, -0.1) is 0 Å². The van der Waals surface area contributed by atoms with Crippen LogP contribution >= 0.6 is 11.6 Å². The largest absolute Gasteiger partial charge is 0.310 e. The Hall–Kier alpha value is -2.92. The number of benzene rings is 2. The Morgan fingerprint density at radius 1 is 1.21 bits per heavy atom. The standard InChI is InChI=1S/C23H22ClN3O2/c1-4-15-6-8-16(9-7-15)22(29)18-12-20(28)25-23-21(18)14(3)26-27(23)17-10-5-13(2)19(24)11-17/h5-11,18H,4,12H2,1-3H3,(H,25,28)/t18-/m1/s1. The molecular formula is C23H22ClN3O2. The van der Waals surface area contributed by atoms with E-state index in [2.05, 4.69) is 17.3 Å². The number of Topliss-reactive ketones (excluding diaryl/α,β-unsaturated/α-hetero) is 1. The molecule has 0 saturated heterocycles. The molecule has 148 valence electrons. The van der Waals surface area contributed by atoms with Gasteiger partial charge in [-0.25, -0.2) is 4.68 Å². The summed E-state index contributed by atoms with van der Waals surface area (Å²) in [4.78, 5) is 25.7. The molecule has 1 N–H and O–H groups in total. The van der Waals surface area contributed by atoms with Crippen LogP contribution in [0, 0.1) is 13.8 Å². The van der Waals surface area contributed by atoms with Crippen molar-refractivity contribution < 1.29 is 9.59 Å². The Bertz CT molecular complexity index is 1120. The molecule has 2 aromatic carbocycles. The van der Waals surface area contributed by atoms with Crippen LogP contribution in [0.2, 0.25) is 5.02 Å². The van der Waals surface area contributed by atoms with Gasteiger partial charge in [-0.1, -0.05) is 48.9 Å². The van der Waals surface area contributed by atoms with Crippen molar-refractivity contribution in [3.63, 3.8) is 0 Å². The van der Waals surface area contributed by atoms with Crippen LogP contribution in [0.15, 0.2) is 42.5 Å². The third-order valence-corrected chi connectivity index (χ3v) is 5.87. The number of fused-ring (bicyclic) bond motifs is 1. The molecular weight excluding hydrogens is 386 g/mol. The van der Waals surface area contributed by atoms with Gasteiger partial charge in [-0.05, 0) is 43.5 Å². The lowest BCUT2D eigenvalue weighted by atomic mass is 9.85. The highest BCUT2D eigenvalue weighted by Gasteiger charge is 2.36. The second kappa shape index (κ2) is 7.48. The van der Waals surface area contributed by atoms with E-state index < -0.39 is 5.92 Å². The molecule has 0 unspecified atom stereocenters. The molecule has 2 heterocycles. The molecule has 0 spiro atoms. The predicted molar refractivity (Wildman–Crippen MR) is 114 cm³/mol. The summed E-state index contributed by atoms with van der Waals surface area (Å²) < 4.78 is 1.66. The molecule has 1 aliphatic heterocycles. The van der Waals surface area contributed by atoms with E-state index in [9.17, 15) is 9.59 Å². The SMILES string of the molecule is CCc1ccc(C(=O)[C@@H]2CC(=O)Nc3c2c(C)nn3-c2ccc(C)c(Cl)c2)cc1. The summed E-state index contributed by atoms with van der Waals surface area (Å²) in [5, 5.41) is 8.14. The number of hydrogen-bond acceptors (Lipinski definition) is 3. The van der Waals surface area contributed by atoms with Crippen LogP contribution in [0.3, 0.4) is 0 Å². The van der Waals surface area contributed by atoms with Gasteiger partial charge < -0.3 is 5.32 Å². The number of rotatable bonds is 4. The zero-order chi connectivity index (χ0) is 20.7. The number of nitrogens with one attached hydrogen (secondary N) is 1. The smallest absolute Gasteiger partial charge is 0.226 e. The maximum Gasteiger partial charge on any atom is 0.226 e. The van der Waals surface area contributed by atoms with Crippen LogP contribution < -0.4 is 5.32 Å². The molecule has 3 aromatic rings. The lowest BCUT2D eigenvalue weighted by molar-refractivity contribution is -0.116. The molecule has 0 saturated carbocycles. The lowest BCUT2D eigenvalue weighted by Crippen LogP contribution is -2.28. The summed E-state index contributed by atoms with van der Waals surface area (Å²) in [5.41, 5.74) is 4.97. The molecule has 1 aromatic heterocycles. The highest BCUT2D eigenvalue weighted by Crippen LogP contribution is 2.38. The number of carbonyl (C=O) groups excluding carboxylic acids is 2. The highest BCUT2D eigenvalue weighted by atomic mass is 35.5. The first-order valence-corrected chi connectivity index (χ1v) is 10.1. The van der Waals surface area contributed by atoms with Crippen LogP contribution in [0.25, 0.3) is 5.69 Å². The summed E-state index contributed by atoms with van der Waals surface area (Å²) >= 11 is 6.28. The first-order chi connectivity index (χ1) is 13.9. The number of carbonyl (C=O) groups is 2. The molecule has 6 heteroatoms. The van der Waals surface area contributed by atoms with Gasteiger partial charge >= 0.3 is 0 Å². The molecule has 0 aliphatic carbocycles. The summed E-state index contributed by atoms with van der Waals surface area (Å²) in [6.07, 6.45) is 1.03. The van der Waals surface area contributed by atoms with Gasteiger partial charge in [0.05, 0.1) is 17.3 Å². The van der Waals surface area contributed by atoms with Gasteiger partial charge in [-0.3, -0.25) is 9.59 Å². The van der Waals surface area contributed by atoms with Crippen molar-refractivity contribution in [3.05, 3.63) is 75.4 Å². The van der Waals surface area contributed by atoms with Crippen molar-refractivity contribution in [1.29, 1.82) is 0 Å². The highest BCUT2D eigenvalue weighted by molar-refractivity contribution is 6.31. The van der Waals surface area contributed by atoms with Crippen molar-refractivity contribution in [2.45, 2.75) is 39.5 Å². The van der Waals surface area contributed by atoms with Gasteiger partial charge in [0.15, 0.2) is 5.78 Å². The van der Waals surface area contributed by atoms with E-state index in [1.807, 2.05) is 56.3 Å². The fourth-order valence-corrected chi connectivity index (χ4v) is 3.95. The average molecular weight is 408 g/mol. The first-order valence-electron chi connectivity index (χ1n) is 9.68. The molecule has 1 amide bonds. The molecule has 5 nitrogen and oxygen atoms in total. The Kier molecular flexibility index (Phi) is 5.01. The minimum Gasteiger partial charge on any atom is -0.310 e. The van der Waals surface area contributed by atoms with Crippen LogP contribution in [-0.2, 0) is 11.2 Å². The second-order valence-electron chi connectivity index (χ2n) is 7.41. The van der Waals surface area contributed by atoms with Crippen molar-refractivity contribution in [2.24, 2.45) is 0 Å². The van der Waals surface area contributed by atoms with E-state index >= 15 is 0 Å². The number of nitrogens with zero attached hydrogens (tertiary/aromatic N) is 2. The number of ketones is 1. The number of halogens is 1. The van der Waals surface area contributed by atoms with E-state index in [4.69, 9.17) is 11.6 Å². The van der Waals surface area contributed by atoms with Crippen LogP contribution in [0.5, 0.6) is 0 Å². The number of aryl methyl sites for hydroxylation is 3. The Balaban J connectivity index is 1.78. The Labute approximate surface area is 174 Å². The average Bonchev–Trinajstić information content (AvgIpc) is 3.05. The monoisotopic (exact) mass is 407 g/mol. The maximum atomic E-state index is 13.3. The van der Waals surface area contributed by atoms with E-state index in [1.54, 1.807) is 4.68 Å². The Morgan fingerprint density at radius 2 is 1.93 bits per heavy atom. The van der Waals surface area contributed by atoms with Crippen LogP contribution in [0.4, 0.5) is 5.82 Å². The van der Waals surface area contributed by atoms with Crippen molar-refractivity contribution in [3.8, 4) is 5.69 Å². The Morgan fingerprint density at radius 3 is 2.59 bits per heavy atom. The summed E-state index contributed by atoms with van der Waals surface area (Å²) in [6, 6.07) is 13.2. The second-order valence-corrected chi connectivity index (χ2v) is 7.82. The van der Waals surface area contributed by atoms with E-state index in [-0.39, 0.29) is 18.1 Å². The van der Waals surface area contributed by atoms with Gasteiger partial charge in [0.1, 0.15) is 5.82 Å². The minimum absolute atomic E-state index is 0.0617. The lowest BCUT2D eigenvalue weighted by Gasteiger charge is -2.23. The third kappa shape index (κ3) is 3.47. The van der Waals surface area contributed by atoms with Crippen LogP contribution in [-0.4, -0.2) is 21.5 Å². The number of aromatic nitrogens is 2. The molecule has 1 atom stereocenters. The van der Waals surface area contributed by atoms with Gasteiger partial charge in [-0.2, -0.15) is 5.10 Å². The van der Waals surface area contributed by atoms with E-state index in [1.165, 1.54) is 5.56 Å². The molecule has 0 radical (unpaired) electrons. The third-order valence-electron chi connectivity index (χ3n) is 5.47. The van der Waals surface area contributed by atoms with E-state index in [0.29, 0.717) is 16.4 Å². The molecule has 1 aliphatic rings. The maximum absolute atomic E-state index is 13.3. The molecule has 4 rings (SSSR count). The number of hydrogen-bond donors (Lipinski definition) is 1.